The second-order valence-corrected chi connectivity index (χ2v) is 3.87. The number of rotatable bonds is 2. The molecule has 1 aliphatic carbocycles. The van der Waals surface area contributed by atoms with Gasteiger partial charge in [0, 0.05) is 12.0 Å². The van der Waals surface area contributed by atoms with Crippen LogP contribution in [0.1, 0.15) is 26.2 Å². The highest BCUT2D eigenvalue weighted by Gasteiger charge is 2.46. The fourth-order valence-electron chi connectivity index (χ4n) is 2.53. The van der Waals surface area contributed by atoms with Crippen LogP contribution in [-0.4, -0.2) is 18.7 Å². The van der Waals surface area contributed by atoms with Crippen LogP contribution >= 0.6 is 0 Å². The van der Waals surface area contributed by atoms with Crippen molar-refractivity contribution >= 4 is 0 Å². The second kappa shape index (κ2) is 2.76. The minimum Gasteiger partial charge on any atom is -0.313 e. The maximum atomic E-state index is 11.4. The Kier molecular flexibility index (Phi) is 1.90. The third-order valence-electron chi connectivity index (χ3n) is 3.32. The molecule has 2 heteroatoms. The van der Waals surface area contributed by atoms with Crippen LogP contribution in [-0.2, 0) is 5.11 Å². The summed E-state index contributed by atoms with van der Waals surface area (Å²) in [5.74, 6) is 1.30. The van der Waals surface area contributed by atoms with Crippen LogP contribution in [0.3, 0.4) is 0 Å². The highest BCUT2D eigenvalue weighted by atomic mass is 16.3. The van der Waals surface area contributed by atoms with Crippen LogP contribution in [0.15, 0.2) is 0 Å². The van der Waals surface area contributed by atoms with Crippen molar-refractivity contribution in [3.05, 3.63) is 0 Å². The predicted octanol–water partition coefficient (Wildman–Crippen LogP) is 1.19. The van der Waals surface area contributed by atoms with Gasteiger partial charge < -0.3 is 5.32 Å². The summed E-state index contributed by atoms with van der Waals surface area (Å²) in [7, 11) is 0. The zero-order chi connectivity index (χ0) is 7.84. The summed E-state index contributed by atoms with van der Waals surface area (Å²) < 4.78 is 0. The molecule has 1 aliphatic heterocycles. The van der Waals surface area contributed by atoms with Crippen LogP contribution in [0, 0.1) is 11.8 Å². The average molecular weight is 154 g/mol. The van der Waals surface area contributed by atoms with Gasteiger partial charge in [0.1, 0.15) is 0 Å². The lowest BCUT2D eigenvalue weighted by atomic mass is 9.68. The first kappa shape index (κ1) is 7.56. The third kappa shape index (κ3) is 1.09. The molecule has 0 spiro atoms. The highest BCUT2D eigenvalue weighted by Crippen LogP contribution is 2.42. The van der Waals surface area contributed by atoms with Crippen LogP contribution < -0.4 is 5.32 Å². The van der Waals surface area contributed by atoms with Crippen LogP contribution in [0.25, 0.3) is 0 Å². The largest absolute Gasteiger partial charge is 0.313 e. The van der Waals surface area contributed by atoms with Crippen molar-refractivity contribution in [2.45, 2.75) is 38.3 Å². The average Bonchev–Trinajstić information content (AvgIpc) is 2.32. The molecule has 4 unspecified atom stereocenters. The molecule has 1 saturated carbocycles. The Labute approximate surface area is 68.0 Å². The normalized spacial score (nSPS) is 44.7. The Morgan fingerprint density at radius 1 is 1.64 bits per heavy atom. The predicted molar refractivity (Wildman–Crippen MR) is 42.8 cm³/mol. The fourth-order valence-corrected chi connectivity index (χ4v) is 2.53. The van der Waals surface area contributed by atoms with Gasteiger partial charge >= 0.3 is 0 Å². The Morgan fingerprint density at radius 2 is 2.45 bits per heavy atom. The third-order valence-corrected chi connectivity index (χ3v) is 3.32. The van der Waals surface area contributed by atoms with E-state index in [1.165, 1.54) is 12.8 Å². The van der Waals surface area contributed by atoms with Gasteiger partial charge in [0.05, 0.1) is 6.10 Å². The smallest absolute Gasteiger partial charge is 0.0970 e. The van der Waals surface area contributed by atoms with Gasteiger partial charge in [0.2, 0.25) is 0 Å². The molecule has 0 amide bonds. The van der Waals surface area contributed by atoms with Crippen LogP contribution in [0.5, 0.6) is 0 Å². The molecule has 0 bridgehead atoms. The maximum absolute atomic E-state index is 11.4. The first-order valence-corrected chi connectivity index (χ1v) is 4.72. The molecule has 2 aliphatic rings. The number of hydrogen-bond acceptors (Lipinski definition) is 1. The lowest BCUT2D eigenvalue weighted by Gasteiger charge is -2.41. The van der Waals surface area contributed by atoms with E-state index >= 15 is 0 Å². The summed E-state index contributed by atoms with van der Waals surface area (Å²) in [5, 5.41) is 14.8. The summed E-state index contributed by atoms with van der Waals surface area (Å²) >= 11 is 0. The van der Waals surface area contributed by atoms with Gasteiger partial charge in [-0.1, -0.05) is 6.92 Å². The lowest BCUT2D eigenvalue weighted by Crippen LogP contribution is -2.50. The molecule has 1 saturated heterocycles. The van der Waals surface area contributed by atoms with Gasteiger partial charge in [0.15, 0.2) is 0 Å². The van der Waals surface area contributed by atoms with Crippen molar-refractivity contribution in [1.82, 2.24) is 5.32 Å². The van der Waals surface area contributed by atoms with Gasteiger partial charge in [-0.3, -0.25) is 0 Å². The second-order valence-electron chi connectivity index (χ2n) is 3.87. The van der Waals surface area contributed by atoms with Crippen molar-refractivity contribution < 1.29 is 5.11 Å². The summed E-state index contributed by atoms with van der Waals surface area (Å²) in [6.07, 6.45) is 2.99. The number of nitrogens with one attached hydrogen (secondary N) is 1. The SMILES string of the molecule is CCC([O])C1CC2CCNC21. The zero-order valence-electron chi connectivity index (χ0n) is 7.05. The van der Waals surface area contributed by atoms with E-state index in [0.717, 1.165) is 18.9 Å². The summed E-state index contributed by atoms with van der Waals surface area (Å²) in [4.78, 5) is 0. The van der Waals surface area contributed by atoms with Crippen molar-refractivity contribution in [1.29, 1.82) is 0 Å². The fraction of sp³-hybridized carbons (Fsp3) is 1.00. The Hall–Kier alpha value is -0.0800. The van der Waals surface area contributed by atoms with Crippen LogP contribution in [0.4, 0.5) is 0 Å². The maximum Gasteiger partial charge on any atom is 0.0970 e. The summed E-state index contributed by atoms with van der Waals surface area (Å²) in [6, 6.07) is 0.595. The van der Waals surface area contributed by atoms with Gasteiger partial charge in [0.25, 0.3) is 0 Å². The molecule has 0 aromatic carbocycles. The molecule has 11 heavy (non-hydrogen) atoms. The van der Waals surface area contributed by atoms with Gasteiger partial charge in [-0.05, 0) is 31.7 Å². The van der Waals surface area contributed by atoms with E-state index in [1.54, 1.807) is 0 Å². The van der Waals surface area contributed by atoms with E-state index in [-0.39, 0.29) is 6.10 Å². The zero-order valence-corrected chi connectivity index (χ0v) is 7.05. The van der Waals surface area contributed by atoms with Gasteiger partial charge in [-0.15, -0.1) is 0 Å². The lowest BCUT2D eigenvalue weighted by molar-refractivity contribution is -0.0343. The molecule has 4 atom stereocenters. The van der Waals surface area contributed by atoms with E-state index in [2.05, 4.69) is 5.32 Å². The van der Waals surface area contributed by atoms with Crippen molar-refractivity contribution in [3.8, 4) is 0 Å². The Morgan fingerprint density at radius 3 is 3.09 bits per heavy atom. The molecular weight excluding hydrogens is 138 g/mol. The van der Waals surface area contributed by atoms with Crippen molar-refractivity contribution in [3.63, 3.8) is 0 Å². The van der Waals surface area contributed by atoms with E-state index in [9.17, 15) is 5.11 Å². The van der Waals surface area contributed by atoms with Gasteiger partial charge in [-0.2, -0.15) is 0 Å². The molecule has 2 fully saturated rings. The van der Waals surface area contributed by atoms with E-state index in [1.807, 2.05) is 6.92 Å². The molecule has 1 radical (unpaired) electrons. The van der Waals surface area contributed by atoms with Crippen molar-refractivity contribution in [2.24, 2.45) is 11.8 Å². The Balaban J connectivity index is 1.89. The monoisotopic (exact) mass is 154 g/mol. The topological polar surface area (TPSA) is 31.9 Å². The van der Waals surface area contributed by atoms with Crippen molar-refractivity contribution in [2.75, 3.05) is 6.54 Å². The highest BCUT2D eigenvalue weighted by molar-refractivity contribution is 5.01. The first-order chi connectivity index (χ1) is 5.33. The molecule has 0 aromatic rings. The quantitative estimate of drug-likeness (QED) is 0.636. The molecule has 1 N–H and O–H groups in total. The van der Waals surface area contributed by atoms with E-state index < -0.39 is 0 Å². The van der Waals surface area contributed by atoms with E-state index in [4.69, 9.17) is 0 Å². The molecule has 2 rings (SSSR count). The molecule has 2 nitrogen and oxygen atoms in total. The molecular formula is C9H16NO. The van der Waals surface area contributed by atoms with E-state index in [0.29, 0.717) is 12.0 Å². The molecule has 1 heterocycles. The summed E-state index contributed by atoms with van der Waals surface area (Å²) in [5.41, 5.74) is 0. The minimum absolute atomic E-state index is 0.304. The number of hydrogen-bond donors (Lipinski definition) is 1. The Bertz CT molecular complexity index is 148. The minimum atomic E-state index is -0.304. The number of fused-ring (bicyclic) bond motifs is 1. The summed E-state index contributed by atoms with van der Waals surface area (Å²) in [6.45, 7) is 3.14. The first-order valence-electron chi connectivity index (χ1n) is 4.72. The van der Waals surface area contributed by atoms with Gasteiger partial charge in [-0.25, -0.2) is 5.11 Å². The molecule has 63 valence electrons. The molecule has 0 aromatic heterocycles. The standard InChI is InChI=1S/C9H16NO/c1-2-8(11)7-5-6-3-4-10-9(6)7/h6-10H,2-5H2,1H3. The van der Waals surface area contributed by atoms with Crippen LogP contribution in [0.2, 0.25) is 0 Å².